The second kappa shape index (κ2) is 20.7. The zero-order chi connectivity index (χ0) is 32.9. The van der Waals surface area contributed by atoms with Gasteiger partial charge in [0.15, 0.2) is 5.78 Å². The molecule has 0 atom stereocenters. The summed E-state index contributed by atoms with van der Waals surface area (Å²) in [7, 11) is 0. The van der Waals surface area contributed by atoms with Crippen molar-refractivity contribution in [3.63, 3.8) is 0 Å². The molecule has 0 saturated carbocycles. The maximum atomic E-state index is 13.0. The van der Waals surface area contributed by atoms with Crippen molar-refractivity contribution in [2.24, 2.45) is 0 Å². The van der Waals surface area contributed by atoms with E-state index in [0.717, 1.165) is 29.2 Å². The van der Waals surface area contributed by atoms with E-state index in [4.69, 9.17) is 4.74 Å². The number of para-hydroxylation sites is 2. The van der Waals surface area contributed by atoms with Gasteiger partial charge >= 0.3 is 0 Å². The molecule has 4 aromatic carbocycles. The van der Waals surface area contributed by atoms with E-state index in [-0.39, 0.29) is 11.5 Å². The van der Waals surface area contributed by atoms with Crippen LogP contribution in [0.5, 0.6) is 5.75 Å². The first-order valence-electron chi connectivity index (χ1n) is 17.8. The molecule has 47 heavy (non-hydrogen) atoms. The quantitative estimate of drug-likeness (QED) is 0.0406. The number of benzene rings is 4. The Morgan fingerprint density at radius 3 is 1.47 bits per heavy atom. The zero-order valence-corrected chi connectivity index (χ0v) is 28.3. The smallest absolute Gasteiger partial charge is 0.189 e. The van der Waals surface area contributed by atoms with Crippen molar-refractivity contribution < 1.29 is 14.6 Å². The van der Waals surface area contributed by atoms with Crippen molar-refractivity contribution in [3.8, 4) is 5.75 Å². The lowest BCUT2D eigenvalue weighted by atomic mass is 10.0. The average Bonchev–Trinajstić information content (AvgIpc) is 3.11. The first-order valence-corrected chi connectivity index (χ1v) is 17.8. The molecule has 0 saturated heterocycles. The number of allylic oxidation sites excluding steroid dienone is 1. The normalized spacial score (nSPS) is 11.4. The number of ketones is 1. The predicted octanol–water partition coefficient (Wildman–Crippen LogP) is 12.8. The summed E-state index contributed by atoms with van der Waals surface area (Å²) in [6.45, 7) is 2.97. The van der Waals surface area contributed by atoms with Crippen LogP contribution in [0, 0.1) is 0 Å². The van der Waals surface area contributed by atoms with Crippen LogP contribution >= 0.6 is 0 Å². The summed E-state index contributed by atoms with van der Waals surface area (Å²) in [4.78, 5) is 15.2. The molecule has 4 aromatic rings. The van der Waals surface area contributed by atoms with Crippen LogP contribution < -0.4 is 9.64 Å². The topological polar surface area (TPSA) is 49.8 Å². The van der Waals surface area contributed by atoms with Crippen molar-refractivity contribution >= 4 is 28.6 Å². The number of aliphatic hydroxyl groups is 1. The molecule has 0 aliphatic heterocycles. The average molecular weight is 632 g/mol. The van der Waals surface area contributed by atoms with Crippen LogP contribution in [-0.2, 0) is 0 Å². The second-order valence-corrected chi connectivity index (χ2v) is 12.4. The van der Waals surface area contributed by atoms with Gasteiger partial charge in [0.05, 0.1) is 6.61 Å². The van der Waals surface area contributed by atoms with E-state index in [9.17, 15) is 9.90 Å². The molecule has 4 heteroatoms. The summed E-state index contributed by atoms with van der Waals surface area (Å²) in [5.41, 5.74) is 4.09. The van der Waals surface area contributed by atoms with Crippen LogP contribution in [-0.4, -0.2) is 17.5 Å². The lowest BCUT2D eigenvalue weighted by Crippen LogP contribution is -2.10. The van der Waals surface area contributed by atoms with Gasteiger partial charge in [-0.25, -0.2) is 0 Å². The second-order valence-electron chi connectivity index (χ2n) is 12.4. The summed E-state index contributed by atoms with van der Waals surface area (Å²) < 4.78 is 5.92. The number of nitrogens with zero attached hydrogens (tertiary/aromatic N) is 1. The minimum Gasteiger partial charge on any atom is -0.507 e. The van der Waals surface area contributed by atoms with E-state index in [1.54, 1.807) is 24.3 Å². The Bertz CT molecular complexity index is 1410. The summed E-state index contributed by atoms with van der Waals surface area (Å²) >= 11 is 0. The number of ether oxygens (including phenoxy) is 1. The third kappa shape index (κ3) is 12.4. The molecule has 0 heterocycles. The van der Waals surface area contributed by atoms with Crippen LogP contribution in [0.2, 0.25) is 0 Å². The number of carbonyl (C=O) groups is 1. The minimum atomic E-state index is -0.252. The molecule has 248 valence electrons. The minimum absolute atomic E-state index is 0.0622. The fraction of sp³-hybridized carbons (Fsp3) is 0.372. The predicted molar refractivity (Wildman–Crippen MR) is 198 cm³/mol. The van der Waals surface area contributed by atoms with Gasteiger partial charge in [0, 0.05) is 34.3 Å². The largest absolute Gasteiger partial charge is 0.507 e. The SMILES string of the molecule is CCCCCCCCCCCCCCCCOc1ccc(/C(O)=C/C(=O)c2ccc(N(c3ccccc3)c3ccccc3)cc2)cc1. The highest BCUT2D eigenvalue weighted by molar-refractivity contribution is 6.08. The van der Waals surface area contributed by atoms with E-state index in [1.165, 1.54) is 89.5 Å². The van der Waals surface area contributed by atoms with Gasteiger partial charge in [-0.2, -0.15) is 0 Å². The van der Waals surface area contributed by atoms with Crippen LogP contribution in [0.25, 0.3) is 5.76 Å². The van der Waals surface area contributed by atoms with Crippen molar-refractivity contribution in [2.75, 3.05) is 11.5 Å². The Hall–Kier alpha value is -4.31. The molecule has 4 nitrogen and oxygen atoms in total. The Labute approximate surface area is 283 Å². The maximum absolute atomic E-state index is 13.0. The van der Waals surface area contributed by atoms with Crippen LogP contribution in [0.3, 0.4) is 0 Å². The third-order valence-electron chi connectivity index (χ3n) is 8.62. The maximum Gasteiger partial charge on any atom is 0.189 e. The van der Waals surface area contributed by atoms with Crippen molar-refractivity contribution in [3.05, 3.63) is 126 Å². The highest BCUT2D eigenvalue weighted by atomic mass is 16.5. The number of unbranched alkanes of at least 4 members (excludes halogenated alkanes) is 13. The number of rotatable bonds is 22. The molecular weight excluding hydrogens is 578 g/mol. The van der Waals surface area contributed by atoms with E-state index in [0.29, 0.717) is 17.7 Å². The van der Waals surface area contributed by atoms with Crippen molar-refractivity contribution in [1.82, 2.24) is 0 Å². The molecule has 0 unspecified atom stereocenters. The lowest BCUT2D eigenvalue weighted by Gasteiger charge is -2.25. The van der Waals surface area contributed by atoms with Crippen molar-refractivity contribution in [1.29, 1.82) is 0 Å². The van der Waals surface area contributed by atoms with E-state index >= 15 is 0 Å². The summed E-state index contributed by atoms with van der Waals surface area (Å²) in [6.07, 6.45) is 20.0. The van der Waals surface area contributed by atoms with E-state index < -0.39 is 0 Å². The van der Waals surface area contributed by atoms with E-state index in [1.807, 2.05) is 60.7 Å². The first-order chi connectivity index (χ1) is 23.2. The molecular formula is C43H53NO3. The Morgan fingerprint density at radius 1 is 0.553 bits per heavy atom. The number of carbonyl (C=O) groups excluding carboxylic acids is 1. The standard InChI is InChI=1S/C43H53NO3/c1-2-3-4-5-6-7-8-9-10-11-12-13-14-21-34-47-41-32-28-37(29-33-41)43(46)35-42(45)36-26-30-40(31-27-36)44(38-22-17-15-18-23-38)39-24-19-16-20-25-39/h15-20,22-33,35,46H,2-14,21,34H2,1H3/b43-35-. The Morgan fingerprint density at radius 2 is 0.979 bits per heavy atom. The van der Waals surface area contributed by atoms with Gasteiger partial charge < -0.3 is 14.7 Å². The van der Waals surface area contributed by atoms with Gasteiger partial charge in [0.2, 0.25) is 0 Å². The fourth-order valence-corrected chi connectivity index (χ4v) is 5.88. The summed E-state index contributed by atoms with van der Waals surface area (Å²) in [5.74, 6) is 0.463. The van der Waals surface area contributed by atoms with Gasteiger partial charge in [0.1, 0.15) is 11.5 Å². The molecule has 0 bridgehead atoms. The molecule has 0 aliphatic rings. The van der Waals surface area contributed by atoms with Gasteiger partial charge in [-0.15, -0.1) is 0 Å². The van der Waals surface area contributed by atoms with Crippen LogP contribution in [0.15, 0.2) is 115 Å². The number of aliphatic hydroxyl groups excluding tert-OH is 1. The summed E-state index contributed by atoms with van der Waals surface area (Å²) in [5, 5.41) is 10.7. The third-order valence-corrected chi connectivity index (χ3v) is 8.62. The number of anilines is 3. The Balaban J connectivity index is 1.16. The molecule has 4 rings (SSSR count). The molecule has 0 spiro atoms. The molecule has 0 aromatic heterocycles. The van der Waals surface area contributed by atoms with Gasteiger partial charge in [-0.3, -0.25) is 4.79 Å². The molecule has 0 aliphatic carbocycles. The molecule has 0 radical (unpaired) electrons. The highest BCUT2D eigenvalue weighted by Gasteiger charge is 2.13. The molecule has 0 amide bonds. The zero-order valence-electron chi connectivity index (χ0n) is 28.3. The first kappa shape index (κ1) is 35.5. The summed E-state index contributed by atoms with van der Waals surface area (Å²) in [6, 6.07) is 35.0. The van der Waals surface area contributed by atoms with Gasteiger partial charge in [0.25, 0.3) is 0 Å². The molecule has 0 fully saturated rings. The van der Waals surface area contributed by atoms with Crippen LogP contribution in [0.4, 0.5) is 17.1 Å². The monoisotopic (exact) mass is 631 g/mol. The van der Waals surface area contributed by atoms with Crippen LogP contribution in [0.1, 0.15) is 113 Å². The number of hydrogen-bond acceptors (Lipinski definition) is 4. The number of hydrogen-bond donors (Lipinski definition) is 1. The van der Waals surface area contributed by atoms with E-state index in [2.05, 4.69) is 36.1 Å². The molecule has 1 N–H and O–H groups in total. The Kier molecular flexibility index (Phi) is 15.7. The van der Waals surface area contributed by atoms with Gasteiger partial charge in [-0.1, -0.05) is 127 Å². The fourth-order valence-electron chi connectivity index (χ4n) is 5.88. The highest BCUT2D eigenvalue weighted by Crippen LogP contribution is 2.34. The lowest BCUT2D eigenvalue weighted by molar-refractivity contribution is 0.104. The van der Waals surface area contributed by atoms with Gasteiger partial charge in [-0.05, 0) is 79.2 Å². The van der Waals surface area contributed by atoms with Crippen molar-refractivity contribution in [2.45, 2.75) is 96.8 Å².